The molecule has 0 aliphatic carbocycles. The molecule has 0 aromatic rings. The van der Waals surface area contributed by atoms with E-state index >= 15 is 0 Å². The maximum Gasteiger partial charge on any atom is 0.306 e. The van der Waals surface area contributed by atoms with Gasteiger partial charge in [0.05, 0.1) is 5.92 Å². The Morgan fingerprint density at radius 3 is 2.41 bits per heavy atom. The molecule has 0 saturated heterocycles. The largest absolute Gasteiger partial charge is 0.481 e. The van der Waals surface area contributed by atoms with Crippen molar-refractivity contribution in [3.05, 3.63) is 10.1 Å². The van der Waals surface area contributed by atoms with E-state index in [1.807, 2.05) is 0 Å². The van der Waals surface area contributed by atoms with Crippen molar-refractivity contribution in [2.45, 2.75) is 39.2 Å². The van der Waals surface area contributed by atoms with Crippen LogP contribution in [0.3, 0.4) is 0 Å². The molecule has 0 aliphatic rings. The number of hydrogen-bond donors (Lipinski definition) is 1. The van der Waals surface area contributed by atoms with Crippen LogP contribution < -0.4 is 0 Å². The van der Waals surface area contributed by atoms with Gasteiger partial charge in [-0.25, -0.2) is 0 Å². The third kappa shape index (κ3) is 8.18. The van der Waals surface area contributed by atoms with E-state index in [1.165, 1.54) is 6.92 Å². The Morgan fingerprint density at radius 2 is 2.00 bits per heavy atom. The second kappa shape index (κ2) is 7.59. The molecule has 7 heteroatoms. The van der Waals surface area contributed by atoms with E-state index in [9.17, 15) is 19.7 Å². The number of nitrogens with zero attached hydrogens (tertiary/aromatic N) is 1. The van der Waals surface area contributed by atoms with Gasteiger partial charge in [-0.1, -0.05) is 6.92 Å². The SMILES string of the molecule is CC(=O)OC(CCCC(C)C(=O)O)C[N+](=O)[O-]. The monoisotopic (exact) mass is 247 g/mol. The molecule has 7 nitrogen and oxygen atoms in total. The number of rotatable bonds is 8. The lowest BCUT2D eigenvalue weighted by atomic mass is 10.0. The van der Waals surface area contributed by atoms with Gasteiger partial charge >= 0.3 is 11.9 Å². The predicted octanol–water partition coefficient (Wildman–Crippen LogP) is 1.09. The highest BCUT2D eigenvalue weighted by Gasteiger charge is 2.19. The minimum absolute atomic E-state index is 0.304. The van der Waals surface area contributed by atoms with Gasteiger partial charge in [0, 0.05) is 11.8 Å². The highest BCUT2D eigenvalue weighted by Crippen LogP contribution is 2.12. The van der Waals surface area contributed by atoms with Crippen molar-refractivity contribution < 1.29 is 24.4 Å². The van der Waals surface area contributed by atoms with Crippen molar-refractivity contribution in [1.29, 1.82) is 0 Å². The number of esters is 1. The molecule has 98 valence electrons. The highest BCUT2D eigenvalue weighted by atomic mass is 16.6. The number of carboxylic acids is 1. The van der Waals surface area contributed by atoms with Crippen molar-refractivity contribution in [3.8, 4) is 0 Å². The van der Waals surface area contributed by atoms with E-state index in [4.69, 9.17) is 9.84 Å². The molecular weight excluding hydrogens is 230 g/mol. The van der Waals surface area contributed by atoms with Crippen molar-refractivity contribution in [2.75, 3.05) is 6.54 Å². The summed E-state index contributed by atoms with van der Waals surface area (Å²) in [6.07, 6.45) is 0.408. The zero-order chi connectivity index (χ0) is 13.4. The predicted molar refractivity (Wildman–Crippen MR) is 58.1 cm³/mol. The summed E-state index contributed by atoms with van der Waals surface area (Å²) >= 11 is 0. The summed E-state index contributed by atoms with van der Waals surface area (Å²) in [5.74, 6) is -1.96. The Hall–Kier alpha value is -1.66. The second-order valence-electron chi connectivity index (χ2n) is 3.92. The van der Waals surface area contributed by atoms with Crippen LogP contribution in [0.15, 0.2) is 0 Å². The summed E-state index contributed by atoms with van der Waals surface area (Å²) in [4.78, 5) is 31.0. The molecule has 0 radical (unpaired) electrons. The first-order chi connectivity index (χ1) is 7.82. The molecule has 17 heavy (non-hydrogen) atoms. The first-order valence-electron chi connectivity index (χ1n) is 5.34. The third-order valence-corrected chi connectivity index (χ3v) is 2.27. The molecule has 2 unspecified atom stereocenters. The van der Waals surface area contributed by atoms with Crippen LogP contribution in [0.4, 0.5) is 0 Å². The molecule has 0 spiro atoms. The van der Waals surface area contributed by atoms with E-state index in [1.54, 1.807) is 6.92 Å². The van der Waals surface area contributed by atoms with Gasteiger partial charge in [-0.05, 0) is 19.3 Å². The number of carboxylic acid groups (broad SMARTS) is 1. The third-order valence-electron chi connectivity index (χ3n) is 2.27. The Labute approximate surface area is 98.9 Å². The van der Waals surface area contributed by atoms with Gasteiger partial charge in [0.25, 0.3) is 0 Å². The van der Waals surface area contributed by atoms with E-state index in [-0.39, 0.29) is 0 Å². The Morgan fingerprint density at radius 1 is 1.41 bits per heavy atom. The molecule has 0 aliphatic heterocycles. The zero-order valence-electron chi connectivity index (χ0n) is 9.92. The molecule has 2 atom stereocenters. The molecule has 0 heterocycles. The maximum absolute atomic E-state index is 10.7. The van der Waals surface area contributed by atoms with Gasteiger partial charge in [-0.2, -0.15) is 0 Å². The summed E-state index contributed by atoms with van der Waals surface area (Å²) in [6, 6.07) is 0. The van der Waals surface area contributed by atoms with E-state index in [0.29, 0.717) is 19.3 Å². The second-order valence-corrected chi connectivity index (χ2v) is 3.92. The van der Waals surface area contributed by atoms with Gasteiger partial charge in [0.15, 0.2) is 6.10 Å². The molecule has 0 amide bonds. The van der Waals surface area contributed by atoms with Crippen LogP contribution in [0.1, 0.15) is 33.1 Å². The number of hydrogen-bond acceptors (Lipinski definition) is 5. The average Bonchev–Trinajstić information content (AvgIpc) is 2.14. The first-order valence-corrected chi connectivity index (χ1v) is 5.34. The fraction of sp³-hybridized carbons (Fsp3) is 0.800. The fourth-order valence-electron chi connectivity index (χ4n) is 1.36. The smallest absolute Gasteiger partial charge is 0.306 e. The number of ether oxygens (including phenoxy) is 1. The number of carbonyl (C=O) groups excluding carboxylic acids is 1. The number of aliphatic carboxylic acids is 1. The number of carbonyl (C=O) groups is 2. The van der Waals surface area contributed by atoms with Crippen LogP contribution in [0.2, 0.25) is 0 Å². The Bertz CT molecular complexity index is 275. The minimum Gasteiger partial charge on any atom is -0.481 e. The standard InChI is InChI=1S/C10H17NO6/c1-7(10(13)14)4-3-5-9(6-11(15)16)17-8(2)12/h7,9H,3-6H2,1-2H3,(H,13,14). The van der Waals surface area contributed by atoms with E-state index in [0.717, 1.165) is 0 Å². The lowest BCUT2D eigenvalue weighted by Crippen LogP contribution is -2.25. The molecule has 0 fully saturated rings. The normalized spacial score (nSPS) is 13.8. The lowest BCUT2D eigenvalue weighted by molar-refractivity contribution is -0.490. The van der Waals surface area contributed by atoms with Crippen LogP contribution >= 0.6 is 0 Å². The van der Waals surface area contributed by atoms with Gasteiger partial charge in [0.1, 0.15) is 0 Å². The molecule has 0 rings (SSSR count). The summed E-state index contributed by atoms with van der Waals surface area (Å²) in [7, 11) is 0. The van der Waals surface area contributed by atoms with Crippen molar-refractivity contribution >= 4 is 11.9 Å². The summed E-state index contributed by atoms with van der Waals surface area (Å²) < 4.78 is 4.78. The van der Waals surface area contributed by atoms with Gasteiger partial charge < -0.3 is 9.84 Å². The fourth-order valence-corrected chi connectivity index (χ4v) is 1.36. The number of nitro groups is 1. The van der Waals surface area contributed by atoms with Gasteiger partial charge in [-0.15, -0.1) is 0 Å². The Balaban J connectivity index is 4.03. The average molecular weight is 247 g/mol. The quantitative estimate of drug-likeness (QED) is 0.391. The molecule has 0 aromatic heterocycles. The van der Waals surface area contributed by atoms with Crippen molar-refractivity contribution in [2.24, 2.45) is 5.92 Å². The van der Waals surface area contributed by atoms with Gasteiger partial charge in [-0.3, -0.25) is 19.7 Å². The molecule has 0 bridgehead atoms. The highest BCUT2D eigenvalue weighted by molar-refractivity contribution is 5.69. The lowest BCUT2D eigenvalue weighted by Gasteiger charge is -2.13. The zero-order valence-corrected chi connectivity index (χ0v) is 9.92. The molecule has 0 saturated carbocycles. The van der Waals surface area contributed by atoms with Crippen LogP contribution in [0.25, 0.3) is 0 Å². The van der Waals surface area contributed by atoms with Gasteiger partial charge in [0.2, 0.25) is 6.54 Å². The van der Waals surface area contributed by atoms with Crippen molar-refractivity contribution in [3.63, 3.8) is 0 Å². The van der Waals surface area contributed by atoms with E-state index in [2.05, 4.69) is 0 Å². The summed E-state index contributed by atoms with van der Waals surface area (Å²) in [6.45, 7) is 2.31. The van der Waals surface area contributed by atoms with Crippen molar-refractivity contribution in [1.82, 2.24) is 0 Å². The topological polar surface area (TPSA) is 107 Å². The summed E-state index contributed by atoms with van der Waals surface area (Å²) in [5, 5.41) is 19.0. The molecule has 1 N–H and O–H groups in total. The first kappa shape index (κ1) is 15.3. The Kier molecular flexibility index (Phi) is 6.85. The minimum atomic E-state index is -0.900. The van der Waals surface area contributed by atoms with E-state index < -0.39 is 35.4 Å². The van der Waals surface area contributed by atoms with Crippen LogP contribution in [0, 0.1) is 16.0 Å². The molecular formula is C10H17NO6. The molecule has 0 aromatic carbocycles. The van der Waals surface area contributed by atoms with Crippen LogP contribution in [0.5, 0.6) is 0 Å². The van der Waals surface area contributed by atoms with Crippen LogP contribution in [-0.4, -0.2) is 34.6 Å². The van der Waals surface area contributed by atoms with Crippen LogP contribution in [-0.2, 0) is 14.3 Å². The maximum atomic E-state index is 10.7. The summed E-state index contributed by atoms with van der Waals surface area (Å²) in [5.41, 5.74) is 0.